The molecule has 0 unspecified atom stereocenters. The lowest BCUT2D eigenvalue weighted by molar-refractivity contribution is -0.0463. The van der Waals surface area contributed by atoms with Crippen molar-refractivity contribution in [1.82, 2.24) is 0 Å². The lowest BCUT2D eigenvalue weighted by atomic mass is 10.1. The highest BCUT2D eigenvalue weighted by atomic mass is 79.9. The summed E-state index contributed by atoms with van der Waals surface area (Å²) in [5, 5.41) is 0. The van der Waals surface area contributed by atoms with Crippen molar-refractivity contribution in [3.63, 3.8) is 0 Å². The lowest BCUT2D eigenvalue weighted by Gasteiger charge is -2.20. The van der Waals surface area contributed by atoms with Crippen molar-refractivity contribution >= 4 is 15.9 Å². The average molecular weight is 317 g/mol. The Labute approximate surface area is 115 Å². The fourth-order valence-electron chi connectivity index (χ4n) is 1.82. The summed E-state index contributed by atoms with van der Waals surface area (Å²) in [6.45, 7) is 5.14. The minimum absolute atomic E-state index is 0.0558. The quantitative estimate of drug-likeness (QED) is 0.854. The van der Waals surface area contributed by atoms with Crippen molar-refractivity contribution in [1.29, 1.82) is 0 Å². The summed E-state index contributed by atoms with van der Waals surface area (Å²) in [4.78, 5) is 0. The van der Waals surface area contributed by atoms with Crippen LogP contribution in [0.1, 0.15) is 25.7 Å². The Morgan fingerprint density at radius 3 is 2.50 bits per heavy atom. The second-order valence-electron chi connectivity index (χ2n) is 4.27. The Morgan fingerprint density at radius 1 is 1.28 bits per heavy atom. The maximum atomic E-state index is 5.83. The van der Waals surface area contributed by atoms with Crippen molar-refractivity contribution < 1.29 is 18.9 Å². The standard InChI is InChI=1S/C13H17BrO4/c1-8(2)18-12-10(13-16-4-5-17-13)6-9(14)7-11(12)15-3/h6-8,13H,4-5H2,1-3H3. The summed E-state index contributed by atoms with van der Waals surface area (Å²) in [6, 6.07) is 3.81. The van der Waals surface area contributed by atoms with Crippen LogP contribution in [0.4, 0.5) is 0 Å². The van der Waals surface area contributed by atoms with Crippen LogP contribution in [0, 0.1) is 0 Å². The van der Waals surface area contributed by atoms with Crippen molar-refractivity contribution in [3.8, 4) is 11.5 Å². The zero-order chi connectivity index (χ0) is 13.1. The van der Waals surface area contributed by atoms with Gasteiger partial charge in [0.25, 0.3) is 0 Å². The van der Waals surface area contributed by atoms with Crippen LogP contribution >= 0.6 is 15.9 Å². The number of benzene rings is 1. The molecule has 2 rings (SSSR count). The minimum atomic E-state index is -0.384. The first-order valence-corrected chi connectivity index (χ1v) is 6.68. The molecular formula is C13H17BrO4. The van der Waals surface area contributed by atoms with E-state index >= 15 is 0 Å². The highest BCUT2D eigenvalue weighted by Gasteiger charge is 2.25. The molecule has 5 heteroatoms. The van der Waals surface area contributed by atoms with Gasteiger partial charge in [-0.05, 0) is 26.0 Å². The number of rotatable bonds is 4. The summed E-state index contributed by atoms with van der Waals surface area (Å²) in [5.41, 5.74) is 0.854. The van der Waals surface area contributed by atoms with Gasteiger partial charge in [-0.15, -0.1) is 0 Å². The van der Waals surface area contributed by atoms with Crippen molar-refractivity contribution in [2.75, 3.05) is 20.3 Å². The van der Waals surface area contributed by atoms with E-state index in [1.807, 2.05) is 26.0 Å². The van der Waals surface area contributed by atoms with E-state index < -0.39 is 0 Å². The van der Waals surface area contributed by atoms with Crippen molar-refractivity contribution in [2.24, 2.45) is 0 Å². The van der Waals surface area contributed by atoms with Gasteiger partial charge in [0.2, 0.25) is 0 Å². The average Bonchev–Trinajstić information content (AvgIpc) is 2.83. The van der Waals surface area contributed by atoms with E-state index in [0.29, 0.717) is 24.7 Å². The van der Waals surface area contributed by atoms with Gasteiger partial charge >= 0.3 is 0 Å². The van der Waals surface area contributed by atoms with Crippen molar-refractivity contribution in [2.45, 2.75) is 26.2 Å². The van der Waals surface area contributed by atoms with Gasteiger partial charge in [0.15, 0.2) is 17.8 Å². The van der Waals surface area contributed by atoms with E-state index in [4.69, 9.17) is 18.9 Å². The third-order valence-corrected chi connectivity index (χ3v) is 2.96. The van der Waals surface area contributed by atoms with Crippen LogP contribution in [0.15, 0.2) is 16.6 Å². The first kappa shape index (κ1) is 13.6. The highest BCUT2D eigenvalue weighted by Crippen LogP contribution is 2.41. The van der Waals surface area contributed by atoms with Gasteiger partial charge in [-0.3, -0.25) is 0 Å². The topological polar surface area (TPSA) is 36.9 Å². The molecule has 0 aromatic heterocycles. The number of ether oxygens (including phenoxy) is 4. The van der Waals surface area contributed by atoms with Gasteiger partial charge in [-0.1, -0.05) is 15.9 Å². The first-order valence-electron chi connectivity index (χ1n) is 5.89. The maximum Gasteiger partial charge on any atom is 0.187 e. The van der Waals surface area contributed by atoms with E-state index in [0.717, 1.165) is 10.0 Å². The van der Waals surface area contributed by atoms with E-state index in [-0.39, 0.29) is 12.4 Å². The van der Waals surface area contributed by atoms with E-state index in [9.17, 15) is 0 Å². The smallest absolute Gasteiger partial charge is 0.187 e. The van der Waals surface area contributed by atoms with Crippen LogP contribution in [0.3, 0.4) is 0 Å². The third-order valence-electron chi connectivity index (χ3n) is 2.50. The SMILES string of the molecule is COc1cc(Br)cc(C2OCCO2)c1OC(C)C. The molecule has 1 aromatic rings. The Morgan fingerprint density at radius 2 is 1.94 bits per heavy atom. The van der Waals surface area contributed by atoms with Gasteiger partial charge in [0.1, 0.15) is 0 Å². The summed E-state index contributed by atoms with van der Waals surface area (Å²) in [6.07, 6.45) is -0.328. The molecule has 1 heterocycles. The van der Waals surface area contributed by atoms with E-state index in [2.05, 4.69) is 15.9 Å². The molecule has 18 heavy (non-hydrogen) atoms. The molecule has 1 fully saturated rings. The Balaban J connectivity index is 2.43. The summed E-state index contributed by atoms with van der Waals surface area (Å²) in [7, 11) is 1.62. The fraction of sp³-hybridized carbons (Fsp3) is 0.538. The molecule has 1 aliphatic heterocycles. The van der Waals surface area contributed by atoms with Gasteiger partial charge in [0, 0.05) is 4.47 Å². The molecule has 0 atom stereocenters. The molecule has 4 nitrogen and oxygen atoms in total. The number of hydrogen-bond acceptors (Lipinski definition) is 4. The lowest BCUT2D eigenvalue weighted by Crippen LogP contribution is -2.11. The van der Waals surface area contributed by atoms with Gasteiger partial charge in [-0.25, -0.2) is 0 Å². The number of halogens is 1. The highest BCUT2D eigenvalue weighted by molar-refractivity contribution is 9.10. The molecule has 0 aliphatic carbocycles. The molecule has 0 radical (unpaired) electrons. The molecule has 100 valence electrons. The largest absolute Gasteiger partial charge is 0.493 e. The molecule has 1 aliphatic rings. The predicted octanol–water partition coefficient (Wildman–Crippen LogP) is 3.29. The first-order chi connectivity index (χ1) is 8.61. The Kier molecular flexibility index (Phi) is 4.48. The van der Waals surface area contributed by atoms with Crippen LogP contribution in [0.5, 0.6) is 11.5 Å². The van der Waals surface area contributed by atoms with E-state index in [1.54, 1.807) is 7.11 Å². The number of methoxy groups -OCH3 is 1. The molecular weight excluding hydrogens is 300 g/mol. The molecule has 0 amide bonds. The second-order valence-corrected chi connectivity index (χ2v) is 5.18. The van der Waals surface area contributed by atoms with E-state index in [1.165, 1.54) is 0 Å². The summed E-state index contributed by atoms with van der Waals surface area (Å²) < 4.78 is 23.2. The Bertz CT molecular complexity index is 414. The zero-order valence-electron chi connectivity index (χ0n) is 10.7. The predicted molar refractivity (Wildman–Crippen MR) is 71.1 cm³/mol. The molecule has 0 N–H and O–H groups in total. The molecule has 1 saturated heterocycles. The normalized spacial score (nSPS) is 16.3. The summed E-state index contributed by atoms with van der Waals surface area (Å²) in [5.74, 6) is 1.36. The fourth-order valence-corrected chi connectivity index (χ4v) is 2.27. The molecule has 0 bridgehead atoms. The zero-order valence-corrected chi connectivity index (χ0v) is 12.3. The molecule has 0 spiro atoms. The number of hydrogen-bond donors (Lipinski definition) is 0. The molecule has 1 aromatic carbocycles. The third kappa shape index (κ3) is 2.96. The summed E-state index contributed by atoms with van der Waals surface area (Å²) >= 11 is 3.45. The monoisotopic (exact) mass is 316 g/mol. The van der Waals surface area contributed by atoms with Gasteiger partial charge in [-0.2, -0.15) is 0 Å². The van der Waals surface area contributed by atoms with Crippen LogP contribution in [0.25, 0.3) is 0 Å². The van der Waals surface area contributed by atoms with Crippen LogP contribution < -0.4 is 9.47 Å². The van der Waals surface area contributed by atoms with Crippen LogP contribution in [-0.4, -0.2) is 26.4 Å². The van der Waals surface area contributed by atoms with Crippen LogP contribution in [-0.2, 0) is 9.47 Å². The minimum Gasteiger partial charge on any atom is -0.493 e. The second kappa shape index (κ2) is 5.91. The van der Waals surface area contributed by atoms with Crippen LogP contribution in [0.2, 0.25) is 0 Å². The molecule has 0 saturated carbocycles. The van der Waals surface area contributed by atoms with Gasteiger partial charge in [0.05, 0.1) is 32.0 Å². The maximum absolute atomic E-state index is 5.83. The Hall–Kier alpha value is -0.780. The van der Waals surface area contributed by atoms with Crippen molar-refractivity contribution in [3.05, 3.63) is 22.2 Å². The van der Waals surface area contributed by atoms with Gasteiger partial charge < -0.3 is 18.9 Å².